The van der Waals surface area contributed by atoms with E-state index < -0.39 is 0 Å². The Kier molecular flexibility index (Phi) is 5.68. The lowest BCUT2D eigenvalue weighted by molar-refractivity contribution is -0.135. The second kappa shape index (κ2) is 8.78. The van der Waals surface area contributed by atoms with Crippen molar-refractivity contribution in [3.05, 3.63) is 87.4 Å². The van der Waals surface area contributed by atoms with Crippen molar-refractivity contribution in [2.45, 2.75) is 18.9 Å². The van der Waals surface area contributed by atoms with Crippen molar-refractivity contribution in [1.82, 2.24) is 9.91 Å². The van der Waals surface area contributed by atoms with Gasteiger partial charge in [0.1, 0.15) is 11.6 Å². The first-order chi connectivity index (χ1) is 16.0. The van der Waals surface area contributed by atoms with Gasteiger partial charge in [-0.3, -0.25) is 9.59 Å². The summed E-state index contributed by atoms with van der Waals surface area (Å²) in [6, 6.07) is 15.1. The molecule has 0 N–H and O–H groups in total. The summed E-state index contributed by atoms with van der Waals surface area (Å²) in [5.74, 6) is -0.129. The lowest BCUT2D eigenvalue weighted by atomic mass is 9.98. The molecule has 1 aromatic heterocycles. The van der Waals surface area contributed by atoms with Crippen molar-refractivity contribution in [2.24, 2.45) is 5.10 Å². The van der Waals surface area contributed by atoms with Gasteiger partial charge in [0, 0.05) is 31.1 Å². The van der Waals surface area contributed by atoms with Crippen molar-refractivity contribution >= 4 is 28.9 Å². The van der Waals surface area contributed by atoms with Crippen LogP contribution in [0.2, 0.25) is 0 Å². The maximum atomic E-state index is 13.5. The van der Waals surface area contributed by atoms with Gasteiger partial charge in [-0.1, -0.05) is 24.3 Å². The van der Waals surface area contributed by atoms with Crippen LogP contribution in [-0.4, -0.2) is 47.6 Å². The smallest absolute Gasteiger partial charge is 0.281 e. The van der Waals surface area contributed by atoms with E-state index in [0.29, 0.717) is 30.7 Å². The van der Waals surface area contributed by atoms with Gasteiger partial charge in [0.05, 0.1) is 16.6 Å². The van der Waals surface area contributed by atoms with Crippen molar-refractivity contribution < 1.29 is 18.7 Å². The minimum Gasteiger partial charge on any atom is -0.483 e. The fourth-order valence-electron chi connectivity index (χ4n) is 4.23. The number of halogens is 1. The number of hydrogen-bond acceptors (Lipinski definition) is 5. The van der Waals surface area contributed by atoms with E-state index in [-0.39, 0.29) is 30.3 Å². The second-order valence-corrected chi connectivity index (χ2v) is 9.03. The number of fused-ring (bicyclic) bond motifs is 1. The monoisotopic (exact) mass is 463 g/mol. The molecule has 3 heterocycles. The maximum absolute atomic E-state index is 13.5. The molecule has 0 fully saturated rings. The average molecular weight is 464 g/mol. The van der Waals surface area contributed by atoms with Crippen LogP contribution in [-0.2, 0) is 11.2 Å². The second-order valence-electron chi connectivity index (χ2n) is 8.08. The van der Waals surface area contributed by atoms with E-state index in [4.69, 9.17) is 4.74 Å². The number of carbonyl (C=O) groups excluding carboxylic acids is 2. The van der Waals surface area contributed by atoms with Gasteiger partial charge in [-0.25, -0.2) is 9.40 Å². The van der Waals surface area contributed by atoms with Crippen LogP contribution in [0.15, 0.2) is 65.1 Å². The molecule has 3 aromatic rings. The Hall–Kier alpha value is -3.52. The zero-order chi connectivity index (χ0) is 22.9. The van der Waals surface area contributed by atoms with Crippen molar-refractivity contribution in [2.75, 3.05) is 20.2 Å². The first-order valence-electron chi connectivity index (χ1n) is 10.7. The summed E-state index contributed by atoms with van der Waals surface area (Å²) in [6.07, 6.45) is 1.21. The topological polar surface area (TPSA) is 62.2 Å². The molecule has 0 radical (unpaired) electrons. The highest BCUT2D eigenvalue weighted by molar-refractivity contribution is 7.12. The Bertz CT molecular complexity index is 1220. The van der Waals surface area contributed by atoms with Crippen LogP contribution in [0.25, 0.3) is 0 Å². The number of hydrazone groups is 1. The average Bonchev–Trinajstić information content (AvgIpc) is 3.51. The van der Waals surface area contributed by atoms with Crippen molar-refractivity contribution in [3.8, 4) is 5.75 Å². The number of hydrogen-bond donors (Lipinski definition) is 0. The molecule has 2 aliphatic rings. The summed E-state index contributed by atoms with van der Waals surface area (Å²) in [7, 11) is 1.77. The standard InChI is InChI=1S/C25H22FN3O3S/c1-28-12-11-18-19(25(28)31)4-2-5-22(18)32-15-24(30)29-21(16-7-9-17(26)10-8-16)14-20(27-29)23-6-3-13-33-23/h2-10,13,21H,11-12,14-15H2,1H3/t21-/m1/s1. The molecular weight excluding hydrogens is 441 g/mol. The number of amides is 2. The largest absolute Gasteiger partial charge is 0.483 e. The third-order valence-electron chi connectivity index (χ3n) is 5.98. The molecule has 0 saturated heterocycles. The van der Waals surface area contributed by atoms with Gasteiger partial charge in [0.2, 0.25) is 0 Å². The van der Waals surface area contributed by atoms with Gasteiger partial charge in [-0.15, -0.1) is 11.3 Å². The first kappa shape index (κ1) is 21.3. The fraction of sp³-hybridized carbons (Fsp3) is 0.240. The zero-order valence-electron chi connectivity index (χ0n) is 18.0. The number of rotatable bonds is 5. The molecule has 0 saturated carbocycles. The number of carbonyl (C=O) groups is 2. The van der Waals surface area contributed by atoms with E-state index in [9.17, 15) is 14.0 Å². The predicted molar refractivity (Wildman–Crippen MR) is 124 cm³/mol. The number of benzene rings is 2. The van der Waals surface area contributed by atoms with Crippen LogP contribution >= 0.6 is 11.3 Å². The summed E-state index contributed by atoms with van der Waals surface area (Å²) in [5.41, 5.74) is 3.06. The number of nitrogens with zero attached hydrogens (tertiary/aromatic N) is 3. The van der Waals surface area contributed by atoms with Crippen molar-refractivity contribution in [3.63, 3.8) is 0 Å². The van der Waals surface area contributed by atoms with Gasteiger partial charge in [-0.05, 0) is 47.7 Å². The molecule has 2 aliphatic heterocycles. The van der Waals surface area contributed by atoms with E-state index in [1.54, 1.807) is 53.6 Å². The molecular formula is C25H22FN3O3S. The van der Waals surface area contributed by atoms with Crippen molar-refractivity contribution in [1.29, 1.82) is 0 Å². The minimum atomic E-state index is -0.335. The zero-order valence-corrected chi connectivity index (χ0v) is 18.8. The van der Waals surface area contributed by atoms with Crippen LogP contribution in [0.1, 0.15) is 38.8 Å². The Balaban J connectivity index is 1.38. The Morgan fingerprint density at radius 2 is 2.00 bits per heavy atom. The van der Waals surface area contributed by atoms with Crippen LogP contribution in [0, 0.1) is 5.82 Å². The quantitative estimate of drug-likeness (QED) is 0.568. The van der Waals surface area contributed by atoms with E-state index in [2.05, 4.69) is 5.10 Å². The van der Waals surface area contributed by atoms with Gasteiger partial charge in [0.15, 0.2) is 6.61 Å². The summed E-state index contributed by atoms with van der Waals surface area (Å²) in [6.45, 7) is 0.396. The molecule has 1 atom stereocenters. The summed E-state index contributed by atoms with van der Waals surface area (Å²) < 4.78 is 19.4. The van der Waals surface area contributed by atoms with Gasteiger partial charge >= 0.3 is 0 Å². The normalized spacial score (nSPS) is 17.7. The molecule has 2 aromatic carbocycles. The van der Waals surface area contributed by atoms with Crippen LogP contribution in [0.4, 0.5) is 4.39 Å². The number of ether oxygens (including phenoxy) is 1. The van der Waals surface area contributed by atoms with Gasteiger partial charge in [0.25, 0.3) is 11.8 Å². The molecule has 8 heteroatoms. The van der Waals surface area contributed by atoms with Crippen LogP contribution < -0.4 is 4.74 Å². The molecule has 2 amide bonds. The highest BCUT2D eigenvalue weighted by Crippen LogP contribution is 2.34. The maximum Gasteiger partial charge on any atom is 0.281 e. The molecule has 0 bridgehead atoms. The van der Waals surface area contributed by atoms with Gasteiger partial charge < -0.3 is 9.64 Å². The third-order valence-corrected chi connectivity index (χ3v) is 6.90. The van der Waals surface area contributed by atoms with E-state index in [0.717, 1.165) is 21.7 Å². The number of thiophene rings is 1. The molecule has 0 aliphatic carbocycles. The molecule has 5 rings (SSSR count). The molecule has 33 heavy (non-hydrogen) atoms. The fourth-order valence-corrected chi connectivity index (χ4v) is 4.95. The van der Waals surface area contributed by atoms with Gasteiger partial charge in [-0.2, -0.15) is 5.10 Å². The molecule has 0 spiro atoms. The summed E-state index contributed by atoms with van der Waals surface area (Å²) >= 11 is 1.56. The van der Waals surface area contributed by atoms with Crippen LogP contribution in [0.3, 0.4) is 0 Å². The third kappa shape index (κ3) is 4.14. The Morgan fingerprint density at radius 3 is 2.76 bits per heavy atom. The lowest BCUT2D eigenvalue weighted by Gasteiger charge is -2.26. The van der Waals surface area contributed by atoms with E-state index in [1.165, 1.54) is 17.1 Å². The lowest BCUT2D eigenvalue weighted by Crippen LogP contribution is -2.35. The summed E-state index contributed by atoms with van der Waals surface area (Å²) in [5, 5.41) is 8.02. The summed E-state index contributed by atoms with van der Waals surface area (Å²) in [4.78, 5) is 28.3. The molecule has 6 nitrogen and oxygen atoms in total. The highest BCUT2D eigenvalue weighted by Gasteiger charge is 2.34. The minimum absolute atomic E-state index is 0.0471. The van der Waals surface area contributed by atoms with E-state index in [1.807, 2.05) is 17.5 Å². The van der Waals surface area contributed by atoms with E-state index >= 15 is 0 Å². The molecule has 168 valence electrons. The number of likely N-dealkylation sites (N-methyl/N-ethyl adjacent to an activating group) is 1. The first-order valence-corrected chi connectivity index (χ1v) is 11.6. The highest BCUT2D eigenvalue weighted by atomic mass is 32.1. The Labute approximate surface area is 194 Å². The SMILES string of the molecule is CN1CCc2c(OCC(=O)N3N=C(c4cccs4)C[C@@H]3c3ccc(F)cc3)cccc2C1=O. The predicted octanol–water partition coefficient (Wildman–Crippen LogP) is 4.27. The van der Waals surface area contributed by atoms with Crippen LogP contribution in [0.5, 0.6) is 5.75 Å². The molecule has 0 unspecified atom stereocenters. The Morgan fingerprint density at radius 1 is 1.18 bits per heavy atom.